The van der Waals surface area contributed by atoms with Crippen molar-refractivity contribution in [3.63, 3.8) is 0 Å². The quantitative estimate of drug-likeness (QED) is 0.583. The molecule has 2 rings (SSSR count). The SMILES string of the molecule is CC1CCC(C(C)C)C(OC2=C(Cl)C(Cl)C(=O)O2)C1. The predicted molar refractivity (Wildman–Crippen MR) is 74.8 cm³/mol. The maximum Gasteiger partial charge on any atom is 0.337 e. The molecule has 4 atom stereocenters. The molecular weight excluding hydrogens is 287 g/mol. The summed E-state index contributed by atoms with van der Waals surface area (Å²) in [6.07, 6.45) is 3.35. The molecule has 1 saturated carbocycles. The summed E-state index contributed by atoms with van der Waals surface area (Å²) in [4.78, 5) is 11.4. The van der Waals surface area contributed by atoms with Crippen molar-refractivity contribution >= 4 is 29.2 Å². The summed E-state index contributed by atoms with van der Waals surface area (Å²) in [5, 5.41) is -0.748. The number of esters is 1. The molecule has 0 radical (unpaired) electrons. The van der Waals surface area contributed by atoms with Crippen LogP contribution in [0.25, 0.3) is 0 Å². The molecule has 3 nitrogen and oxygen atoms in total. The van der Waals surface area contributed by atoms with E-state index in [0.29, 0.717) is 17.8 Å². The van der Waals surface area contributed by atoms with Crippen molar-refractivity contribution < 1.29 is 14.3 Å². The van der Waals surface area contributed by atoms with Crippen molar-refractivity contribution in [2.75, 3.05) is 0 Å². The summed E-state index contributed by atoms with van der Waals surface area (Å²) in [6.45, 7) is 6.60. The minimum atomic E-state index is -0.921. The Hall–Kier alpha value is -0.410. The van der Waals surface area contributed by atoms with Gasteiger partial charge in [-0.2, -0.15) is 0 Å². The molecule has 1 aliphatic carbocycles. The fourth-order valence-electron chi connectivity index (χ4n) is 2.87. The number of alkyl halides is 1. The minimum Gasteiger partial charge on any atom is -0.461 e. The van der Waals surface area contributed by atoms with Gasteiger partial charge in [0.2, 0.25) is 0 Å². The summed E-state index contributed by atoms with van der Waals surface area (Å²) in [6, 6.07) is 0. The molecule has 0 saturated heterocycles. The van der Waals surface area contributed by atoms with Crippen LogP contribution in [-0.4, -0.2) is 17.5 Å². The van der Waals surface area contributed by atoms with Gasteiger partial charge in [-0.25, -0.2) is 4.79 Å². The predicted octanol–water partition coefficient (Wildman–Crippen LogP) is 4.04. The molecule has 1 fully saturated rings. The monoisotopic (exact) mass is 306 g/mol. The normalized spacial score (nSPS) is 35.8. The highest BCUT2D eigenvalue weighted by atomic mass is 35.5. The molecule has 108 valence electrons. The first kappa shape index (κ1) is 15.0. The first-order chi connectivity index (χ1) is 8.90. The van der Waals surface area contributed by atoms with Gasteiger partial charge in [0.25, 0.3) is 0 Å². The maximum absolute atomic E-state index is 11.4. The van der Waals surface area contributed by atoms with Gasteiger partial charge >= 0.3 is 11.9 Å². The number of ether oxygens (including phenoxy) is 2. The van der Waals surface area contributed by atoms with E-state index >= 15 is 0 Å². The van der Waals surface area contributed by atoms with Gasteiger partial charge in [-0.1, -0.05) is 38.8 Å². The van der Waals surface area contributed by atoms with Gasteiger partial charge < -0.3 is 9.47 Å². The fraction of sp³-hybridized carbons (Fsp3) is 0.786. The zero-order valence-electron chi connectivity index (χ0n) is 11.5. The van der Waals surface area contributed by atoms with E-state index in [9.17, 15) is 4.79 Å². The topological polar surface area (TPSA) is 35.5 Å². The van der Waals surface area contributed by atoms with Crippen LogP contribution in [0.4, 0.5) is 0 Å². The molecular formula is C14H20Cl2O3. The Bertz CT molecular complexity index is 392. The Morgan fingerprint density at radius 3 is 2.58 bits per heavy atom. The van der Waals surface area contributed by atoms with E-state index in [1.54, 1.807) is 0 Å². The highest BCUT2D eigenvalue weighted by molar-refractivity contribution is 6.44. The Balaban J connectivity index is 2.09. The average Bonchev–Trinajstić information content (AvgIpc) is 2.57. The van der Waals surface area contributed by atoms with Gasteiger partial charge in [0, 0.05) is 0 Å². The third kappa shape index (κ3) is 3.19. The maximum atomic E-state index is 11.4. The van der Waals surface area contributed by atoms with E-state index in [2.05, 4.69) is 20.8 Å². The van der Waals surface area contributed by atoms with E-state index in [4.69, 9.17) is 32.7 Å². The number of hydrogen-bond donors (Lipinski definition) is 0. The van der Waals surface area contributed by atoms with Crippen LogP contribution in [-0.2, 0) is 14.3 Å². The zero-order chi connectivity index (χ0) is 14.2. The number of cyclic esters (lactones) is 1. The second-order valence-electron chi connectivity index (χ2n) is 5.90. The standard InChI is InChI=1S/C14H20Cl2O3/c1-7(2)9-5-4-8(3)6-10(9)18-14-12(16)11(15)13(17)19-14/h7-11H,4-6H2,1-3H3. The summed E-state index contributed by atoms with van der Waals surface area (Å²) < 4.78 is 10.9. The van der Waals surface area contributed by atoms with Crippen molar-refractivity contribution in [2.24, 2.45) is 17.8 Å². The van der Waals surface area contributed by atoms with Crippen molar-refractivity contribution in [1.29, 1.82) is 0 Å². The van der Waals surface area contributed by atoms with Gasteiger partial charge in [0.1, 0.15) is 11.1 Å². The molecule has 1 aliphatic heterocycles. The highest BCUT2D eigenvalue weighted by Crippen LogP contribution is 2.38. The number of halogens is 2. The molecule has 4 unspecified atom stereocenters. The van der Waals surface area contributed by atoms with E-state index in [1.165, 1.54) is 6.42 Å². The third-order valence-corrected chi connectivity index (χ3v) is 4.92. The van der Waals surface area contributed by atoms with Gasteiger partial charge in [-0.05, 0) is 30.6 Å². The fourth-order valence-corrected chi connectivity index (χ4v) is 3.17. The Labute approximate surface area is 124 Å². The average molecular weight is 307 g/mol. The molecule has 19 heavy (non-hydrogen) atoms. The van der Waals surface area contributed by atoms with Crippen LogP contribution in [0.2, 0.25) is 0 Å². The number of rotatable bonds is 3. The van der Waals surface area contributed by atoms with Crippen molar-refractivity contribution in [3.8, 4) is 0 Å². The molecule has 0 bridgehead atoms. The number of carbonyl (C=O) groups excluding carboxylic acids is 1. The van der Waals surface area contributed by atoms with Gasteiger partial charge in [0.15, 0.2) is 5.38 Å². The first-order valence-corrected chi connectivity index (χ1v) is 7.63. The Morgan fingerprint density at radius 1 is 1.37 bits per heavy atom. The first-order valence-electron chi connectivity index (χ1n) is 6.82. The van der Waals surface area contributed by atoms with Crippen LogP contribution in [0, 0.1) is 17.8 Å². The minimum absolute atomic E-state index is 0.0438. The Kier molecular flexibility index (Phi) is 4.67. The van der Waals surface area contributed by atoms with Gasteiger partial charge in [-0.3, -0.25) is 0 Å². The third-order valence-electron chi connectivity index (χ3n) is 4.04. The summed E-state index contributed by atoms with van der Waals surface area (Å²) in [7, 11) is 0. The Morgan fingerprint density at radius 2 is 2.05 bits per heavy atom. The molecule has 5 heteroatoms. The molecule has 0 aromatic carbocycles. The lowest BCUT2D eigenvalue weighted by atomic mass is 9.75. The molecule has 1 heterocycles. The van der Waals surface area contributed by atoms with Crippen molar-refractivity contribution in [2.45, 2.75) is 51.5 Å². The molecule has 0 N–H and O–H groups in total. The smallest absolute Gasteiger partial charge is 0.337 e. The van der Waals surface area contributed by atoms with Crippen LogP contribution in [0.15, 0.2) is 11.0 Å². The van der Waals surface area contributed by atoms with Crippen LogP contribution in [0.1, 0.15) is 40.0 Å². The second-order valence-corrected chi connectivity index (χ2v) is 6.75. The van der Waals surface area contributed by atoms with Crippen molar-refractivity contribution in [1.82, 2.24) is 0 Å². The molecule has 0 aromatic heterocycles. The van der Waals surface area contributed by atoms with E-state index < -0.39 is 11.3 Å². The summed E-state index contributed by atoms with van der Waals surface area (Å²) in [5.74, 6) is 1.16. The number of carbonyl (C=O) groups is 1. The lowest BCUT2D eigenvalue weighted by Crippen LogP contribution is -2.34. The lowest BCUT2D eigenvalue weighted by Gasteiger charge is -2.37. The van der Waals surface area contributed by atoms with Crippen LogP contribution >= 0.6 is 23.2 Å². The van der Waals surface area contributed by atoms with E-state index in [1.807, 2.05) is 0 Å². The second kappa shape index (κ2) is 5.92. The molecule has 0 aromatic rings. The molecule has 0 spiro atoms. The largest absolute Gasteiger partial charge is 0.461 e. The van der Waals surface area contributed by atoms with E-state index in [-0.39, 0.29) is 17.1 Å². The lowest BCUT2D eigenvalue weighted by molar-refractivity contribution is -0.144. The zero-order valence-corrected chi connectivity index (χ0v) is 13.0. The molecule has 2 aliphatic rings. The van der Waals surface area contributed by atoms with E-state index in [0.717, 1.165) is 12.8 Å². The molecule has 0 amide bonds. The van der Waals surface area contributed by atoms with Gasteiger partial charge in [-0.15, -0.1) is 11.6 Å². The van der Waals surface area contributed by atoms with Crippen LogP contribution in [0.5, 0.6) is 0 Å². The summed E-state index contributed by atoms with van der Waals surface area (Å²) >= 11 is 11.8. The van der Waals surface area contributed by atoms with Crippen LogP contribution in [0.3, 0.4) is 0 Å². The van der Waals surface area contributed by atoms with Crippen LogP contribution < -0.4 is 0 Å². The van der Waals surface area contributed by atoms with Gasteiger partial charge in [0.05, 0.1) is 0 Å². The highest BCUT2D eigenvalue weighted by Gasteiger charge is 2.39. The van der Waals surface area contributed by atoms with Crippen molar-refractivity contribution in [3.05, 3.63) is 11.0 Å². The summed E-state index contributed by atoms with van der Waals surface area (Å²) in [5.41, 5.74) is 0. The number of hydrogen-bond acceptors (Lipinski definition) is 3.